The van der Waals surface area contributed by atoms with Gasteiger partial charge < -0.3 is 20.0 Å². The number of anilines is 1. The van der Waals surface area contributed by atoms with Crippen LogP contribution in [0.1, 0.15) is 30.3 Å². The van der Waals surface area contributed by atoms with Crippen LogP contribution in [0.4, 0.5) is 5.13 Å². The number of nitrogens with one attached hydrogen (secondary N) is 2. The summed E-state index contributed by atoms with van der Waals surface area (Å²) in [7, 11) is 5.80. The fraction of sp³-hybridized carbons (Fsp3) is 0.556. The number of guanidine groups is 1. The first-order valence-electron chi connectivity index (χ1n) is 9.01. The number of aliphatic imine (C=N–C) groups is 1. The molecule has 0 bridgehead atoms. The molecule has 1 unspecified atom stereocenters. The zero-order valence-corrected chi connectivity index (χ0v) is 19.3. The van der Waals surface area contributed by atoms with E-state index in [4.69, 9.17) is 4.42 Å². The Morgan fingerprint density at radius 3 is 2.74 bits per heavy atom. The number of hydrogen-bond acceptors (Lipinski definition) is 6. The van der Waals surface area contributed by atoms with Crippen LogP contribution in [-0.4, -0.2) is 56.6 Å². The van der Waals surface area contributed by atoms with Gasteiger partial charge in [0.2, 0.25) is 0 Å². The van der Waals surface area contributed by atoms with Gasteiger partial charge in [-0.2, -0.15) is 0 Å². The van der Waals surface area contributed by atoms with Crippen LogP contribution in [0.15, 0.2) is 33.2 Å². The standard InChI is InChI=1S/C18H28N6OS.HI/c1-19-17(20-11-14-13-26-18(22-14)23(2)3)21-12-15(16-7-6-10-25-16)24-8-4-5-9-24;/h6-7,10,13,15H,4-5,8-9,11-12H2,1-3H3,(H2,19,20,21);1H. The maximum atomic E-state index is 5.67. The van der Waals surface area contributed by atoms with E-state index in [-0.39, 0.29) is 30.0 Å². The minimum absolute atomic E-state index is 0. The van der Waals surface area contributed by atoms with Crippen molar-refractivity contribution >= 4 is 46.4 Å². The first kappa shape index (κ1) is 22.0. The number of rotatable bonds is 7. The van der Waals surface area contributed by atoms with Crippen molar-refractivity contribution < 1.29 is 4.42 Å². The fourth-order valence-electron chi connectivity index (χ4n) is 3.11. The van der Waals surface area contributed by atoms with E-state index in [1.54, 1.807) is 24.6 Å². The van der Waals surface area contributed by atoms with E-state index >= 15 is 0 Å². The van der Waals surface area contributed by atoms with Crippen molar-refractivity contribution in [2.45, 2.75) is 25.4 Å². The molecule has 7 nitrogen and oxygen atoms in total. The van der Waals surface area contributed by atoms with Crippen molar-refractivity contribution in [3.05, 3.63) is 35.2 Å². The second-order valence-corrected chi connectivity index (χ2v) is 7.43. The number of halogens is 1. The predicted molar refractivity (Wildman–Crippen MR) is 122 cm³/mol. The molecule has 0 aromatic carbocycles. The molecule has 1 fully saturated rings. The maximum absolute atomic E-state index is 5.67. The molecule has 2 aromatic heterocycles. The average Bonchev–Trinajstić information content (AvgIpc) is 3.40. The normalized spacial score (nSPS) is 16.0. The minimum atomic E-state index is 0. The topological polar surface area (TPSA) is 68.9 Å². The van der Waals surface area contributed by atoms with Crippen LogP contribution in [-0.2, 0) is 6.54 Å². The lowest BCUT2D eigenvalue weighted by Crippen LogP contribution is -2.42. The Hall–Kier alpha value is -1.33. The van der Waals surface area contributed by atoms with E-state index in [1.807, 2.05) is 25.1 Å². The third-order valence-electron chi connectivity index (χ3n) is 4.50. The molecule has 0 amide bonds. The molecule has 3 heterocycles. The molecule has 150 valence electrons. The molecule has 3 rings (SSSR count). The molecule has 0 spiro atoms. The van der Waals surface area contributed by atoms with Gasteiger partial charge in [0.05, 0.1) is 24.5 Å². The highest BCUT2D eigenvalue weighted by molar-refractivity contribution is 14.0. The van der Waals surface area contributed by atoms with Crippen molar-refractivity contribution in [3.8, 4) is 0 Å². The molecule has 1 saturated heterocycles. The SMILES string of the molecule is CN=C(NCc1csc(N(C)C)n1)NCC(c1ccco1)N1CCCC1.I. The summed E-state index contributed by atoms with van der Waals surface area (Å²) in [5, 5.41) is 9.87. The van der Waals surface area contributed by atoms with E-state index in [0.29, 0.717) is 6.54 Å². The van der Waals surface area contributed by atoms with Gasteiger partial charge in [0.1, 0.15) is 5.76 Å². The van der Waals surface area contributed by atoms with Gasteiger partial charge >= 0.3 is 0 Å². The van der Waals surface area contributed by atoms with Crippen LogP contribution >= 0.6 is 35.3 Å². The summed E-state index contributed by atoms with van der Waals surface area (Å²) in [6.45, 7) is 3.64. The Labute approximate surface area is 182 Å². The van der Waals surface area contributed by atoms with Crippen LogP contribution in [0.5, 0.6) is 0 Å². The van der Waals surface area contributed by atoms with E-state index in [2.05, 4.69) is 37.0 Å². The number of likely N-dealkylation sites (tertiary alicyclic amines) is 1. The Kier molecular flexibility index (Phi) is 8.84. The first-order valence-corrected chi connectivity index (χ1v) is 9.89. The first-order chi connectivity index (χ1) is 12.7. The zero-order chi connectivity index (χ0) is 18.4. The Bertz CT molecular complexity index is 697. The van der Waals surface area contributed by atoms with E-state index in [0.717, 1.165) is 42.2 Å². The van der Waals surface area contributed by atoms with Crippen LogP contribution in [0.2, 0.25) is 0 Å². The van der Waals surface area contributed by atoms with Crippen molar-refractivity contribution in [2.75, 3.05) is 45.7 Å². The van der Waals surface area contributed by atoms with Gasteiger partial charge in [0.25, 0.3) is 0 Å². The Balaban J connectivity index is 0.00000261. The molecule has 9 heteroatoms. The van der Waals surface area contributed by atoms with Gasteiger partial charge in [0.15, 0.2) is 11.1 Å². The van der Waals surface area contributed by atoms with E-state index in [1.165, 1.54) is 12.8 Å². The van der Waals surface area contributed by atoms with Crippen molar-refractivity contribution in [1.82, 2.24) is 20.5 Å². The molecular formula is C18H29IN6OS. The third-order valence-corrected chi connectivity index (χ3v) is 5.56. The van der Waals surface area contributed by atoms with Gasteiger partial charge in [-0.15, -0.1) is 35.3 Å². The second-order valence-electron chi connectivity index (χ2n) is 6.60. The van der Waals surface area contributed by atoms with Crippen LogP contribution < -0.4 is 15.5 Å². The molecule has 0 saturated carbocycles. The summed E-state index contributed by atoms with van der Waals surface area (Å²) < 4.78 is 5.67. The Morgan fingerprint density at radius 2 is 2.15 bits per heavy atom. The number of furan rings is 1. The smallest absolute Gasteiger partial charge is 0.191 e. The zero-order valence-electron chi connectivity index (χ0n) is 16.1. The van der Waals surface area contributed by atoms with Crippen LogP contribution in [0.25, 0.3) is 0 Å². The number of aromatic nitrogens is 1. The monoisotopic (exact) mass is 504 g/mol. The quantitative estimate of drug-likeness (QED) is 0.344. The van der Waals surface area contributed by atoms with Gasteiger partial charge in [-0.05, 0) is 38.1 Å². The average molecular weight is 504 g/mol. The number of hydrogen-bond donors (Lipinski definition) is 2. The highest BCUT2D eigenvalue weighted by Crippen LogP contribution is 2.24. The third kappa shape index (κ3) is 6.08. The summed E-state index contributed by atoms with van der Waals surface area (Å²) in [4.78, 5) is 13.4. The molecule has 1 aliphatic heterocycles. The lowest BCUT2D eigenvalue weighted by Gasteiger charge is -2.26. The Morgan fingerprint density at radius 1 is 1.37 bits per heavy atom. The summed E-state index contributed by atoms with van der Waals surface area (Å²) >= 11 is 1.65. The summed E-state index contributed by atoms with van der Waals surface area (Å²) in [6.07, 6.45) is 4.25. The maximum Gasteiger partial charge on any atom is 0.191 e. The van der Waals surface area contributed by atoms with Gasteiger partial charge in [-0.1, -0.05) is 0 Å². The van der Waals surface area contributed by atoms with Gasteiger partial charge in [-0.3, -0.25) is 9.89 Å². The lowest BCUT2D eigenvalue weighted by molar-refractivity contribution is 0.215. The lowest BCUT2D eigenvalue weighted by atomic mass is 10.2. The van der Waals surface area contributed by atoms with Gasteiger partial charge in [-0.25, -0.2) is 4.98 Å². The van der Waals surface area contributed by atoms with Crippen LogP contribution in [0.3, 0.4) is 0 Å². The molecule has 2 N–H and O–H groups in total. The largest absolute Gasteiger partial charge is 0.468 e. The number of nitrogens with zero attached hydrogens (tertiary/aromatic N) is 4. The number of thiazole rings is 1. The van der Waals surface area contributed by atoms with Crippen LogP contribution in [0, 0.1) is 0 Å². The summed E-state index contributed by atoms with van der Waals surface area (Å²) in [5.74, 6) is 1.78. The van der Waals surface area contributed by atoms with E-state index < -0.39 is 0 Å². The molecule has 0 aliphatic carbocycles. The van der Waals surface area contributed by atoms with Gasteiger partial charge in [0, 0.05) is 33.1 Å². The molecule has 2 aromatic rings. The minimum Gasteiger partial charge on any atom is -0.468 e. The van der Waals surface area contributed by atoms with Crippen molar-refractivity contribution in [1.29, 1.82) is 0 Å². The molecular weight excluding hydrogens is 475 g/mol. The summed E-state index contributed by atoms with van der Waals surface area (Å²) in [5.41, 5.74) is 1.02. The summed E-state index contributed by atoms with van der Waals surface area (Å²) in [6, 6.07) is 4.24. The van der Waals surface area contributed by atoms with Crippen molar-refractivity contribution in [3.63, 3.8) is 0 Å². The molecule has 1 aliphatic rings. The molecule has 27 heavy (non-hydrogen) atoms. The molecule has 1 atom stereocenters. The second kappa shape index (κ2) is 10.9. The van der Waals surface area contributed by atoms with E-state index in [9.17, 15) is 0 Å². The highest BCUT2D eigenvalue weighted by atomic mass is 127. The molecule has 0 radical (unpaired) electrons. The predicted octanol–water partition coefficient (Wildman–Crippen LogP) is 2.92. The van der Waals surface area contributed by atoms with Crippen molar-refractivity contribution in [2.24, 2.45) is 4.99 Å². The fourth-order valence-corrected chi connectivity index (χ4v) is 3.87. The highest BCUT2D eigenvalue weighted by Gasteiger charge is 2.25.